The highest BCUT2D eigenvalue weighted by molar-refractivity contribution is 7.85. The first-order valence-electron chi connectivity index (χ1n) is 24.4. The number of carboxylic acid groups (broad SMARTS) is 2. The van der Waals surface area contributed by atoms with Gasteiger partial charge in [-0.3, -0.25) is 42.9 Å². The maximum Gasteiger partial charge on any atom is 0.303 e. The number of fused-ring (bicyclic) bond motifs is 2. The predicted molar refractivity (Wildman–Crippen MR) is 279 cm³/mol. The number of carboxylic acids is 2. The summed E-state index contributed by atoms with van der Waals surface area (Å²) < 4.78 is 39.3. The summed E-state index contributed by atoms with van der Waals surface area (Å²) in [6.45, 7) is 7.11. The van der Waals surface area contributed by atoms with Crippen LogP contribution in [-0.4, -0.2) is 124 Å². The van der Waals surface area contributed by atoms with Gasteiger partial charge < -0.3 is 46.4 Å². The lowest BCUT2D eigenvalue weighted by Crippen LogP contribution is -2.59. The number of nitrogens with one attached hydrogen (secondary N) is 5. The van der Waals surface area contributed by atoms with E-state index in [0.29, 0.717) is 28.3 Å². The van der Waals surface area contributed by atoms with Crippen LogP contribution >= 0.6 is 11.3 Å². The summed E-state index contributed by atoms with van der Waals surface area (Å²) in [5, 5.41) is 36.8. The van der Waals surface area contributed by atoms with Crippen LogP contribution in [0.3, 0.4) is 0 Å². The van der Waals surface area contributed by atoms with Gasteiger partial charge in [0, 0.05) is 42.5 Å². The number of carbonyl (C=O) groups is 8. The predicted octanol–water partition coefficient (Wildman–Crippen LogP) is 4.51. The van der Waals surface area contributed by atoms with Gasteiger partial charge in [-0.25, -0.2) is 0 Å². The van der Waals surface area contributed by atoms with Crippen LogP contribution in [0.4, 0.5) is 0 Å². The van der Waals surface area contributed by atoms with Crippen LogP contribution in [0.25, 0.3) is 20.9 Å². The summed E-state index contributed by atoms with van der Waals surface area (Å²) >= 11 is 1.42. The van der Waals surface area contributed by atoms with Gasteiger partial charge in [0.05, 0.1) is 12.2 Å². The van der Waals surface area contributed by atoms with Crippen molar-refractivity contribution in [1.82, 2.24) is 31.5 Å². The number of aliphatic carboxylic acids is 2. The zero-order valence-corrected chi connectivity index (χ0v) is 43.6. The fraction of sp³-hybridized carbons (Fsp3) is 0.396. The third-order valence-corrected chi connectivity index (χ3v) is 14.1. The van der Waals surface area contributed by atoms with Crippen molar-refractivity contribution in [2.75, 3.05) is 13.2 Å². The molecule has 0 saturated carbocycles. The highest BCUT2D eigenvalue weighted by Gasteiger charge is 2.40. The zero-order valence-electron chi connectivity index (χ0n) is 41.9. The lowest BCUT2D eigenvalue weighted by molar-refractivity contribution is -0.143. The van der Waals surface area contributed by atoms with Crippen LogP contribution in [0.15, 0.2) is 90.3 Å². The molecular formula is C53H62N6O14S2. The number of hydrogen-bond acceptors (Lipinski definition) is 12. The maximum atomic E-state index is 14.7. The number of hydrogen-bond donors (Lipinski definition) is 8. The molecule has 400 valence electrons. The van der Waals surface area contributed by atoms with E-state index in [1.54, 1.807) is 64.1 Å². The summed E-state index contributed by atoms with van der Waals surface area (Å²) in [7, 11) is -4.38. The third kappa shape index (κ3) is 16.0. The van der Waals surface area contributed by atoms with E-state index in [-0.39, 0.29) is 55.7 Å². The molecule has 0 bridgehead atoms. The van der Waals surface area contributed by atoms with Crippen molar-refractivity contribution >= 4 is 89.7 Å². The lowest BCUT2D eigenvalue weighted by atomic mass is 10.00. The molecule has 2 heterocycles. The van der Waals surface area contributed by atoms with E-state index in [0.717, 1.165) is 10.1 Å². The van der Waals surface area contributed by atoms with Crippen molar-refractivity contribution in [3.63, 3.8) is 0 Å². The molecule has 8 N–H and O–H groups in total. The molecule has 6 amide bonds. The number of carbonyl (C=O) groups excluding carboxylic acids is 6. The van der Waals surface area contributed by atoms with Crippen LogP contribution in [0.5, 0.6) is 5.75 Å². The quantitative estimate of drug-likeness (QED) is 0.0395. The standard InChI is InChI=1S/C53H62N6O14S2/c1-5-73-42-23-20-33-11-6-7-13-36(33)46(42)51(68)57-39(27-31-16-18-32(19-17-31)30-75(70,71)72)47(64)55-38(22-25-45(62)63)52(69)59-26-10-14-41(59)50(67)56-40(28-34-29-74-43-15-9-8-12-35(34)43)48(65)54-37(21-24-44(60)61)49(66)58-53(2,3)4/h6-9,11-13,15-20,23,29,37-41H,5,10,14,21-22,24-28,30H2,1-4H3,(H,54,65)(H,55,64)(H,56,67)(H,57,68)(H,58,66)(H,60,61)(H,62,63)(H,70,71,72)/t37-,38-,39-,40-,41-/m0/s1. The molecule has 1 aliphatic rings. The van der Waals surface area contributed by atoms with Gasteiger partial charge in [0.25, 0.3) is 16.0 Å². The molecule has 1 aliphatic heterocycles. The molecule has 6 rings (SSSR count). The molecule has 20 nitrogen and oxygen atoms in total. The summed E-state index contributed by atoms with van der Waals surface area (Å²) in [6.07, 6.45) is -1.60. The zero-order chi connectivity index (χ0) is 54.6. The van der Waals surface area contributed by atoms with E-state index in [1.807, 2.05) is 29.6 Å². The molecule has 5 atom stereocenters. The molecule has 5 aromatic rings. The Morgan fingerprint density at radius 2 is 1.32 bits per heavy atom. The van der Waals surface area contributed by atoms with Gasteiger partial charge in [-0.2, -0.15) is 8.42 Å². The number of rotatable bonds is 24. The van der Waals surface area contributed by atoms with Gasteiger partial charge in [0.1, 0.15) is 41.7 Å². The molecule has 0 unspecified atom stereocenters. The SMILES string of the molecule is CCOc1ccc2ccccc2c1C(=O)N[C@@H](Cc1ccc(CS(=O)(=O)O)cc1)C(=O)N[C@@H](CCC(=O)O)C(=O)N1CCC[C@H]1C(=O)N[C@@H](Cc1csc2ccccc12)C(=O)N[C@@H](CCC(=O)O)C(=O)NC(C)(C)C. The Morgan fingerprint density at radius 1 is 0.720 bits per heavy atom. The highest BCUT2D eigenvalue weighted by Crippen LogP contribution is 2.30. The Balaban J connectivity index is 1.29. The second-order valence-electron chi connectivity index (χ2n) is 19.3. The van der Waals surface area contributed by atoms with Crippen molar-refractivity contribution in [3.05, 3.63) is 113 Å². The van der Waals surface area contributed by atoms with Gasteiger partial charge in [0.15, 0.2) is 0 Å². The molecule has 0 spiro atoms. The number of thiophene rings is 1. The van der Waals surface area contributed by atoms with Crippen molar-refractivity contribution < 1.29 is 66.3 Å². The van der Waals surface area contributed by atoms with E-state index in [1.165, 1.54) is 40.5 Å². The van der Waals surface area contributed by atoms with Crippen LogP contribution in [0.2, 0.25) is 0 Å². The molecular weight excluding hydrogens is 1010 g/mol. The fourth-order valence-electron chi connectivity index (χ4n) is 8.87. The number of likely N-dealkylation sites (tertiary alicyclic amines) is 1. The van der Waals surface area contributed by atoms with Crippen molar-refractivity contribution in [1.29, 1.82) is 0 Å². The van der Waals surface area contributed by atoms with Gasteiger partial charge >= 0.3 is 11.9 Å². The third-order valence-electron chi connectivity index (χ3n) is 12.3. The molecule has 4 aromatic carbocycles. The molecule has 1 fully saturated rings. The molecule has 0 aliphatic carbocycles. The minimum atomic E-state index is -4.38. The minimum absolute atomic E-state index is 0.00396. The van der Waals surface area contributed by atoms with E-state index in [2.05, 4.69) is 26.6 Å². The van der Waals surface area contributed by atoms with Crippen molar-refractivity contribution in [2.45, 2.75) is 121 Å². The van der Waals surface area contributed by atoms with Gasteiger partial charge in [-0.05, 0) is 104 Å². The van der Waals surface area contributed by atoms with E-state index < -0.39 is 118 Å². The maximum absolute atomic E-state index is 14.7. The first-order valence-corrected chi connectivity index (χ1v) is 26.9. The molecule has 1 saturated heterocycles. The first kappa shape index (κ1) is 56.9. The minimum Gasteiger partial charge on any atom is -0.493 e. The molecule has 1 aromatic heterocycles. The number of ether oxygens (including phenoxy) is 1. The summed E-state index contributed by atoms with van der Waals surface area (Å²) in [5.74, 6) is -7.56. The second kappa shape index (κ2) is 25.2. The largest absolute Gasteiger partial charge is 0.493 e. The van der Waals surface area contributed by atoms with Crippen LogP contribution in [-0.2, 0) is 62.3 Å². The number of amides is 6. The lowest BCUT2D eigenvalue weighted by Gasteiger charge is -2.31. The van der Waals surface area contributed by atoms with Crippen LogP contribution < -0.4 is 31.3 Å². The van der Waals surface area contributed by atoms with Crippen LogP contribution in [0.1, 0.15) is 93.3 Å². The Hall–Kier alpha value is -7.43. The van der Waals surface area contributed by atoms with Gasteiger partial charge in [-0.15, -0.1) is 11.3 Å². The normalized spacial score (nSPS) is 15.3. The Morgan fingerprint density at radius 3 is 1.96 bits per heavy atom. The fourth-order valence-corrected chi connectivity index (χ4v) is 10.5. The van der Waals surface area contributed by atoms with Crippen LogP contribution in [0, 0.1) is 0 Å². The van der Waals surface area contributed by atoms with E-state index in [4.69, 9.17) is 4.74 Å². The topological polar surface area (TPSA) is 304 Å². The highest BCUT2D eigenvalue weighted by atomic mass is 32.2. The average molecular weight is 1070 g/mol. The first-order chi connectivity index (χ1) is 35.5. The number of nitrogens with zero attached hydrogens (tertiary/aromatic N) is 1. The Kier molecular flexibility index (Phi) is 19.1. The number of benzene rings is 4. The summed E-state index contributed by atoms with van der Waals surface area (Å²) in [5.41, 5.74) is 0.735. The van der Waals surface area contributed by atoms with E-state index in [9.17, 15) is 61.5 Å². The molecule has 22 heteroatoms. The molecule has 75 heavy (non-hydrogen) atoms. The Labute approximate surface area is 437 Å². The van der Waals surface area contributed by atoms with Crippen molar-refractivity contribution in [3.8, 4) is 5.75 Å². The van der Waals surface area contributed by atoms with Crippen molar-refractivity contribution in [2.24, 2.45) is 0 Å². The Bertz CT molecular complexity index is 3050. The average Bonchev–Trinajstić information content (AvgIpc) is 4.01. The second-order valence-corrected chi connectivity index (χ2v) is 21.7. The van der Waals surface area contributed by atoms with Gasteiger partial charge in [-0.1, -0.05) is 72.8 Å². The van der Waals surface area contributed by atoms with Gasteiger partial charge in [0.2, 0.25) is 29.5 Å². The monoisotopic (exact) mass is 1070 g/mol. The summed E-state index contributed by atoms with van der Waals surface area (Å²) in [4.78, 5) is 111. The molecule has 0 radical (unpaired) electrons. The summed E-state index contributed by atoms with van der Waals surface area (Å²) in [6, 6.07) is 16.8. The van der Waals surface area contributed by atoms with E-state index >= 15 is 0 Å². The smallest absolute Gasteiger partial charge is 0.303 e.